The number of alkyl halides is 5. The van der Waals surface area contributed by atoms with E-state index in [1.165, 1.54) is 17.0 Å². The van der Waals surface area contributed by atoms with E-state index in [0.717, 1.165) is 17.7 Å². The number of aromatic nitrogens is 1. The summed E-state index contributed by atoms with van der Waals surface area (Å²) >= 11 is 0. The van der Waals surface area contributed by atoms with Gasteiger partial charge in [-0.3, -0.25) is 9.78 Å². The second kappa shape index (κ2) is 6.75. The fourth-order valence-corrected chi connectivity index (χ4v) is 2.98. The number of pyridine rings is 1. The van der Waals surface area contributed by atoms with E-state index >= 15 is 0 Å². The smallest absolute Gasteiger partial charge is 0.335 e. The molecule has 0 saturated carbocycles. The lowest BCUT2D eigenvalue weighted by molar-refractivity contribution is -0.141. The second-order valence-electron chi connectivity index (χ2n) is 6.20. The molecule has 0 bridgehead atoms. The summed E-state index contributed by atoms with van der Waals surface area (Å²) in [6.45, 7) is 4.06. The fraction of sp³-hybridized carbons (Fsp3) is 0.263. The monoisotopic (exact) mass is 382 g/mol. The first kappa shape index (κ1) is 19.0. The molecule has 0 aliphatic carbocycles. The molecule has 1 aliphatic heterocycles. The number of nitrogens with zero attached hydrogens (tertiary/aromatic N) is 2. The standard InChI is InChI=1S/C19H15F5N2O/c1-2-17(27)26-8-7-12-3-4-14(9-13(12)11-26)18(20,21)15-5-6-16(25-10-15)19(22,23)24/h2-6,9-10H,1,7-8,11H2. The lowest BCUT2D eigenvalue weighted by Gasteiger charge is -2.29. The molecule has 2 aromatic rings. The summed E-state index contributed by atoms with van der Waals surface area (Å²) in [5.41, 5.74) is -0.797. The molecular weight excluding hydrogens is 367 g/mol. The van der Waals surface area contributed by atoms with E-state index in [0.29, 0.717) is 30.8 Å². The van der Waals surface area contributed by atoms with Gasteiger partial charge in [-0.1, -0.05) is 18.7 Å². The molecule has 0 unspecified atom stereocenters. The van der Waals surface area contributed by atoms with Crippen LogP contribution in [0.25, 0.3) is 0 Å². The van der Waals surface area contributed by atoms with Crippen molar-refractivity contribution < 1.29 is 26.7 Å². The molecule has 0 radical (unpaired) electrons. The van der Waals surface area contributed by atoms with Gasteiger partial charge in [0.1, 0.15) is 5.69 Å². The molecular formula is C19H15F5N2O. The predicted molar refractivity (Wildman–Crippen MR) is 88.0 cm³/mol. The summed E-state index contributed by atoms with van der Waals surface area (Å²) in [7, 11) is 0. The van der Waals surface area contributed by atoms with Gasteiger partial charge in [-0.2, -0.15) is 22.0 Å². The van der Waals surface area contributed by atoms with Gasteiger partial charge in [0, 0.05) is 30.4 Å². The van der Waals surface area contributed by atoms with Crippen LogP contribution in [-0.4, -0.2) is 22.3 Å². The lowest BCUT2D eigenvalue weighted by atomic mass is 9.93. The summed E-state index contributed by atoms with van der Waals surface area (Å²) in [5.74, 6) is -3.80. The van der Waals surface area contributed by atoms with Gasteiger partial charge >= 0.3 is 6.18 Å². The average molecular weight is 382 g/mol. The van der Waals surface area contributed by atoms with Crippen LogP contribution >= 0.6 is 0 Å². The van der Waals surface area contributed by atoms with Crippen LogP contribution in [0, 0.1) is 0 Å². The molecule has 1 aromatic heterocycles. The molecule has 1 aromatic carbocycles. The zero-order valence-electron chi connectivity index (χ0n) is 14.1. The fourth-order valence-electron chi connectivity index (χ4n) is 2.98. The Hall–Kier alpha value is -2.77. The maximum Gasteiger partial charge on any atom is 0.433 e. The van der Waals surface area contributed by atoms with Crippen molar-refractivity contribution >= 4 is 5.91 Å². The molecule has 27 heavy (non-hydrogen) atoms. The Morgan fingerprint density at radius 3 is 2.37 bits per heavy atom. The van der Waals surface area contributed by atoms with Crippen molar-refractivity contribution in [1.29, 1.82) is 0 Å². The molecule has 3 rings (SSSR count). The van der Waals surface area contributed by atoms with Gasteiger partial charge < -0.3 is 4.90 Å². The number of halogens is 5. The SMILES string of the molecule is C=CC(=O)N1CCc2ccc(C(F)(F)c3ccc(C(F)(F)F)nc3)cc2C1. The third kappa shape index (κ3) is 3.70. The first-order chi connectivity index (χ1) is 12.6. The van der Waals surface area contributed by atoms with Gasteiger partial charge in [-0.25, -0.2) is 0 Å². The molecule has 1 amide bonds. The minimum absolute atomic E-state index is 0.176. The molecule has 0 saturated heterocycles. The molecule has 0 fully saturated rings. The van der Waals surface area contributed by atoms with Gasteiger partial charge in [0.05, 0.1) is 0 Å². The zero-order chi connectivity index (χ0) is 19.8. The Bertz CT molecular complexity index is 875. The molecule has 142 valence electrons. The van der Waals surface area contributed by atoms with E-state index in [1.807, 2.05) is 0 Å². The highest BCUT2D eigenvalue weighted by molar-refractivity contribution is 5.87. The topological polar surface area (TPSA) is 33.2 Å². The zero-order valence-corrected chi connectivity index (χ0v) is 14.1. The van der Waals surface area contributed by atoms with Crippen LogP contribution < -0.4 is 0 Å². The molecule has 1 aliphatic rings. The van der Waals surface area contributed by atoms with Crippen LogP contribution in [0.2, 0.25) is 0 Å². The quantitative estimate of drug-likeness (QED) is 0.586. The summed E-state index contributed by atoms with van der Waals surface area (Å²) in [4.78, 5) is 16.4. The van der Waals surface area contributed by atoms with Crippen LogP contribution in [0.1, 0.15) is 27.9 Å². The number of amides is 1. The van der Waals surface area contributed by atoms with E-state index in [9.17, 15) is 26.7 Å². The largest absolute Gasteiger partial charge is 0.433 e. The maximum absolute atomic E-state index is 14.8. The van der Waals surface area contributed by atoms with Gasteiger partial charge in [0.15, 0.2) is 0 Å². The molecule has 0 atom stereocenters. The summed E-state index contributed by atoms with van der Waals surface area (Å²) in [5, 5.41) is 0. The van der Waals surface area contributed by atoms with E-state index in [1.54, 1.807) is 6.07 Å². The average Bonchev–Trinajstić information content (AvgIpc) is 2.65. The van der Waals surface area contributed by atoms with E-state index in [2.05, 4.69) is 11.6 Å². The second-order valence-corrected chi connectivity index (χ2v) is 6.20. The molecule has 0 N–H and O–H groups in total. The van der Waals surface area contributed by atoms with Crippen LogP contribution in [-0.2, 0) is 29.9 Å². The summed E-state index contributed by atoms with van der Waals surface area (Å²) in [6.07, 6.45) is -2.46. The Morgan fingerprint density at radius 2 is 1.78 bits per heavy atom. The number of benzene rings is 1. The highest BCUT2D eigenvalue weighted by Gasteiger charge is 2.37. The van der Waals surface area contributed by atoms with E-state index in [-0.39, 0.29) is 18.0 Å². The van der Waals surface area contributed by atoms with Crippen molar-refractivity contribution in [1.82, 2.24) is 9.88 Å². The Balaban J connectivity index is 1.91. The van der Waals surface area contributed by atoms with Crippen molar-refractivity contribution in [2.45, 2.75) is 25.1 Å². The van der Waals surface area contributed by atoms with Crippen molar-refractivity contribution in [2.24, 2.45) is 0 Å². The number of carbonyl (C=O) groups excluding carboxylic acids is 1. The highest BCUT2D eigenvalue weighted by Crippen LogP contribution is 2.38. The minimum Gasteiger partial charge on any atom is -0.335 e. The van der Waals surface area contributed by atoms with E-state index < -0.39 is 23.4 Å². The van der Waals surface area contributed by atoms with Crippen molar-refractivity contribution in [3.8, 4) is 0 Å². The molecule has 2 heterocycles. The van der Waals surface area contributed by atoms with Crippen LogP contribution in [0.15, 0.2) is 49.2 Å². The van der Waals surface area contributed by atoms with Gasteiger partial charge in [-0.15, -0.1) is 0 Å². The van der Waals surface area contributed by atoms with Crippen LogP contribution in [0.5, 0.6) is 0 Å². The van der Waals surface area contributed by atoms with Crippen molar-refractivity contribution in [2.75, 3.05) is 6.54 Å². The molecule has 8 heteroatoms. The number of fused-ring (bicyclic) bond motifs is 1. The minimum atomic E-state index is -4.69. The van der Waals surface area contributed by atoms with Crippen LogP contribution in [0.3, 0.4) is 0 Å². The lowest BCUT2D eigenvalue weighted by Crippen LogP contribution is -2.35. The van der Waals surface area contributed by atoms with Crippen molar-refractivity contribution in [3.05, 3.63) is 77.1 Å². The van der Waals surface area contributed by atoms with Crippen LogP contribution in [0.4, 0.5) is 22.0 Å². The first-order valence-electron chi connectivity index (χ1n) is 8.08. The number of rotatable bonds is 3. The van der Waals surface area contributed by atoms with Gasteiger partial charge in [-0.05, 0) is 41.8 Å². The highest BCUT2D eigenvalue weighted by atomic mass is 19.4. The third-order valence-electron chi connectivity index (χ3n) is 4.48. The summed E-state index contributed by atoms with van der Waals surface area (Å²) < 4.78 is 67.3. The Morgan fingerprint density at radius 1 is 1.07 bits per heavy atom. The van der Waals surface area contributed by atoms with Crippen molar-refractivity contribution in [3.63, 3.8) is 0 Å². The first-order valence-corrected chi connectivity index (χ1v) is 8.08. The maximum atomic E-state index is 14.8. The molecule has 0 spiro atoms. The van der Waals surface area contributed by atoms with Gasteiger partial charge in [0.2, 0.25) is 5.91 Å². The molecule has 3 nitrogen and oxygen atoms in total. The van der Waals surface area contributed by atoms with E-state index in [4.69, 9.17) is 0 Å². The Kier molecular flexibility index (Phi) is 4.75. The predicted octanol–water partition coefficient (Wildman–Crippen LogP) is 4.31. The summed E-state index contributed by atoms with van der Waals surface area (Å²) in [6, 6.07) is 5.36. The number of carbonyl (C=O) groups is 1. The van der Waals surface area contributed by atoms with Gasteiger partial charge in [0.25, 0.3) is 5.92 Å². The number of hydrogen-bond acceptors (Lipinski definition) is 2. The number of hydrogen-bond donors (Lipinski definition) is 0. The Labute approximate surface area is 152 Å². The third-order valence-corrected chi connectivity index (χ3v) is 4.48. The normalized spacial score (nSPS) is 14.6.